The van der Waals surface area contributed by atoms with Gasteiger partial charge in [-0.3, -0.25) is 4.68 Å². The lowest BCUT2D eigenvalue weighted by atomic mass is 10.0. The van der Waals surface area contributed by atoms with Crippen molar-refractivity contribution in [2.45, 2.75) is 31.2 Å². The normalized spacial score (nSPS) is 13.7. The average Bonchev–Trinajstić information content (AvgIpc) is 2.67. The molecule has 1 heterocycles. The number of aryl methyl sites for hydroxylation is 1. The molecule has 0 fully saturated rings. The Bertz CT molecular complexity index is 476. The van der Waals surface area contributed by atoms with Gasteiger partial charge in [-0.1, -0.05) is 24.9 Å². The molecule has 8 heteroatoms. The molecular weight excluding hydrogens is 290 g/mol. The fourth-order valence-corrected chi connectivity index (χ4v) is 3.70. The third kappa shape index (κ3) is 4.45. The molecule has 1 aromatic heterocycles. The molecule has 0 aliphatic rings. The molecule has 0 aliphatic heterocycles. The van der Waals surface area contributed by atoms with Crippen LogP contribution in [0.4, 0.5) is 0 Å². The average molecular weight is 310 g/mol. The van der Waals surface area contributed by atoms with E-state index in [2.05, 4.69) is 9.82 Å². The van der Waals surface area contributed by atoms with Crippen LogP contribution in [0.25, 0.3) is 0 Å². The van der Waals surface area contributed by atoms with Crippen LogP contribution in [0.1, 0.15) is 26.2 Å². The van der Waals surface area contributed by atoms with Crippen LogP contribution in [0.15, 0.2) is 11.2 Å². The minimum absolute atomic E-state index is 0.0339. The Labute approximate surface area is 118 Å². The summed E-state index contributed by atoms with van der Waals surface area (Å²) in [6.45, 7) is 2.37. The minimum atomic E-state index is -3.67. The molecule has 6 nitrogen and oxygen atoms in total. The number of aromatic nitrogens is 2. The van der Waals surface area contributed by atoms with Gasteiger partial charge in [-0.15, -0.1) is 0 Å². The summed E-state index contributed by atoms with van der Waals surface area (Å²) >= 11 is 5.82. The van der Waals surface area contributed by atoms with Gasteiger partial charge in [0.25, 0.3) is 10.0 Å². The highest BCUT2D eigenvalue weighted by Crippen LogP contribution is 2.20. The van der Waals surface area contributed by atoms with Gasteiger partial charge < -0.3 is 5.11 Å². The predicted molar refractivity (Wildman–Crippen MR) is 73.5 cm³/mol. The van der Waals surface area contributed by atoms with Crippen LogP contribution in [0.2, 0.25) is 5.02 Å². The smallest absolute Gasteiger partial charge is 0.259 e. The van der Waals surface area contributed by atoms with Crippen molar-refractivity contribution >= 4 is 21.6 Å². The zero-order valence-electron chi connectivity index (χ0n) is 11.1. The Kier molecular flexibility index (Phi) is 6.25. The van der Waals surface area contributed by atoms with Crippen molar-refractivity contribution in [3.63, 3.8) is 0 Å². The fourth-order valence-electron chi connectivity index (χ4n) is 1.94. The van der Waals surface area contributed by atoms with Crippen LogP contribution in [0.5, 0.6) is 0 Å². The molecule has 110 valence electrons. The number of aliphatic hydroxyl groups excluding tert-OH is 1. The first-order valence-electron chi connectivity index (χ1n) is 6.20. The second-order valence-electron chi connectivity index (χ2n) is 4.44. The summed E-state index contributed by atoms with van der Waals surface area (Å²) in [5, 5.41) is 12.8. The first kappa shape index (κ1) is 16.4. The van der Waals surface area contributed by atoms with Crippen molar-refractivity contribution in [1.82, 2.24) is 14.5 Å². The summed E-state index contributed by atoms with van der Waals surface area (Å²) in [6, 6.07) is 0. The molecule has 0 aromatic carbocycles. The SMILES string of the molecule is CCCC(CCO)CNS(=O)(=O)c1c(Cl)cnn1C. The van der Waals surface area contributed by atoms with E-state index in [9.17, 15) is 8.42 Å². The molecule has 0 saturated carbocycles. The highest BCUT2D eigenvalue weighted by atomic mass is 35.5. The lowest BCUT2D eigenvalue weighted by molar-refractivity contribution is 0.251. The second-order valence-corrected chi connectivity index (χ2v) is 6.53. The monoisotopic (exact) mass is 309 g/mol. The van der Waals surface area contributed by atoms with E-state index in [-0.39, 0.29) is 29.1 Å². The lowest BCUT2D eigenvalue weighted by Gasteiger charge is -2.15. The molecule has 0 spiro atoms. The fraction of sp³-hybridized carbons (Fsp3) is 0.727. The Morgan fingerprint density at radius 2 is 2.21 bits per heavy atom. The number of hydrogen-bond donors (Lipinski definition) is 2. The Morgan fingerprint density at radius 1 is 1.53 bits per heavy atom. The van der Waals surface area contributed by atoms with Gasteiger partial charge in [0.05, 0.1) is 11.2 Å². The van der Waals surface area contributed by atoms with Crippen molar-refractivity contribution < 1.29 is 13.5 Å². The van der Waals surface area contributed by atoms with E-state index in [1.807, 2.05) is 6.92 Å². The molecule has 0 amide bonds. The first-order chi connectivity index (χ1) is 8.92. The van der Waals surface area contributed by atoms with E-state index in [0.717, 1.165) is 12.8 Å². The van der Waals surface area contributed by atoms with Gasteiger partial charge in [0, 0.05) is 20.2 Å². The van der Waals surface area contributed by atoms with Gasteiger partial charge in [0.1, 0.15) is 0 Å². The van der Waals surface area contributed by atoms with Crippen molar-refractivity contribution in [3.05, 3.63) is 11.2 Å². The highest BCUT2D eigenvalue weighted by Gasteiger charge is 2.23. The maximum Gasteiger partial charge on any atom is 0.259 e. The van der Waals surface area contributed by atoms with Crippen molar-refractivity contribution in [1.29, 1.82) is 0 Å². The molecule has 1 unspecified atom stereocenters. The molecule has 1 rings (SSSR count). The quantitative estimate of drug-likeness (QED) is 0.754. The number of rotatable bonds is 8. The van der Waals surface area contributed by atoms with Crippen LogP contribution in [0, 0.1) is 5.92 Å². The van der Waals surface area contributed by atoms with Crippen LogP contribution < -0.4 is 4.72 Å². The molecule has 0 saturated heterocycles. The zero-order chi connectivity index (χ0) is 14.5. The van der Waals surface area contributed by atoms with E-state index in [4.69, 9.17) is 16.7 Å². The first-order valence-corrected chi connectivity index (χ1v) is 8.06. The number of nitrogens with zero attached hydrogens (tertiary/aromatic N) is 2. The largest absolute Gasteiger partial charge is 0.396 e. The Hall–Kier alpha value is -0.630. The molecule has 0 aliphatic carbocycles. The van der Waals surface area contributed by atoms with Crippen molar-refractivity contribution in [3.8, 4) is 0 Å². The number of aliphatic hydroxyl groups is 1. The molecule has 19 heavy (non-hydrogen) atoms. The maximum absolute atomic E-state index is 12.1. The van der Waals surface area contributed by atoms with Crippen LogP contribution in [-0.4, -0.2) is 36.5 Å². The van der Waals surface area contributed by atoms with Crippen LogP contribution in [0.3, 0.4) is 0 Å². The molecular formula is C11H20ClN3O3S. The van der Waals surface area contributed by atoms with E-state index in [1.165, 1.54) is 17.9 Å². The van der Waals surface area contributed by atoms with Gasteiger partial charge >= 0.3 is 0 Å². The number of nitrogens with one attached hydrogen (secondary N) is 1. The van der Waals surface area contributed by atoms with Crippen molar-refractivity contribution in [2.24, 2.45) is 13.0 Å². The molecule has 2 N–H and O–H groups in total. The van der Waals surface area contributed by atoms with E-state index in [1.54, 1.807) is 0 Å². The Morgan fingerprint density at radius 3 is 2.68 bits per heavy atom. The van der Waals surface area contributed by atoms with Gasteiger partial charge in [-0.25, -0.2) is 13.1 Å². The van der Waals surface area contributed by atoms with E-state index < -0.39 is 10.0 Å². The van der Waals surface area contributed by atoms with E-state index in [0.29, 0.717) is 6.42 Å². The molecule has 0 bridgehead atoms. The molecule has 1 aromatic rings. The number of hydrogen-bond acceptors (Lipinski definition) is 4. The maximum atomic E-state index is 12.1. The summed E-state index contributed by atoms with van der Waals surface area (Å²) in [7, 11) is -2.15. The van der Waals surface area contributed by atoms with Crippen molar-refractivity contribution in [2.75, 3.05) is 13.2 Å². The van der Waals surface area contributed by atoms with Gasteiger partial charge in [0.15, 0.2) is 5.03 Å². The zero-order valence-corrected chi connectivity index (χ0v) is 12.7. The minimum Gasteiger partial charge on any atom is -0.396 e. The van der Waals surface area contributed by atoms with Gasteiger partial charge in [0.2, 0.25) is 0 Å². The van der Waals surface area contributed by atoms with Crippen LogP contribution in [-0.2, 0) is 17.1 Å². The summed E-state index contributed by atoms with van der Waals surface area (Å²) in [5.41, 5.74) is 0. The van der Waals surface area contributed by atoms with Gasteiger partial charge in [-0.2, -0.15) is 5.10 Å². The van der Waals surface area contributed by atoms with E-state index >= 15 is 0 Å². The third-order valence-corrected chi connectivity index (χ3v) is 4.82. The highest BCUT2D eigenvalue weighted by molar-refractivity contribution is 7.89. The summed E-state index contributed by atoms with van der Waals surface area (Å²) in [6.07, 6.45) is 3.68. The summed E-state index contributed by atoms with van der Waals surface area (Å²) in [4.78, 5) is 0. The molecule has 0 radical (unpaired) electrons. The third-order valence-electron chi connectivity index (χ3n) is 2.89. The summed E-state index contributed by atoms with van der Waals surface area (Å²) in [5.74, 6) is 0.122. The predicted octanol–water partition coefficient (Wildman–Crippen LogP) is 1.15. The topological polar surface area (TPSA) is 84.2 Å². The number of halogens is 1. The second kappa shape index (κ2) is 7.23. The number of sulfonamides is 1. The Balaban J connectivity index is 2.75. The molecule has 1 atom stereocenters. The van der Waals surface area contributed by atoms with Gasteiger partial charge in [-0.05, 0) is 18.8 Å². The lowest BCUT2D eigenvalue weighted by Crippen LogP contribution is -2.31. The van der Waals surface area contributed by atoms with Crippen LogP contribution >= 0.6 is 11.6 Å². The summed E-state index contributed by atoms with van der Waals surface area (Å²) < 4.78 is 28.0. The standard InChI is InChI=1S/C11H20ClN3O3S/c1-3-4-9(5-6-16)7-14-19(17,18)11-10(12)8-13-15(11)2/h8-9,14,16H,3-7H2,1-2H3.